The summed E-state index contributed by atoms with van der Waals surface area (Å²) in [5.41, 5.74) is 5.11. The van der Waals surface area contributed by atoms with E-state index in [0.717, 1.165) is 19.6 Å². The van der Waals surface area contributed by atoms with Crippen LogP contribution in [0, 0.1) is 13.8 Å². The smallest absolute Gasteiger partial charge is 0.270 e. The second-order valence-corrected chi connectivity index (χ2v) is 8.09. The number of hydrogen-bond donors (Lipinski definition) is 0. The molecular formula is C24H28N4O2. The Morgan fingerprint density at radius 3 is 2.40 bits per heavy atom. The maximum Gasteiger partial charge on any atom is 0.270 e. The average Bonchev–Trinajstić information content (AvgIpc) is 2.77. The monoisotopic (exact) mass is 404 g/mol. The molecule has 2 aliphatic rings. The molecule has 2 aromatic carbocycles. The summed E-state index contributed by atoms with van der Waals surface area (Å²) in [6.07, 6.45) is 0.718. The second kappa shape index (κ2) is 8.79. The van der Waals surface area contributed by atoms with Gasteiger partial charge < -0.3 is 4.90 Å². The van der Waals surface area contributed by atoms with Crippen molar-refractivity contribution in [3.05, 3.63) is 65.2 Å². The number of benzene rings is 2. The molecule has 1 fully saturated rings. The fourth-order valence-electron chi connectivity index (χ4n) is 4.03. The first kappa shape index (κ1) is 20.3. The van der Waals surface area contributed by atoms with Crippen LogP contribution in [0.3, 0.4) is 0 Å². The summed E-state index contributed by atoms with van der Waals surface area (Å²) in [6.45, 7) is 8.22. The van der Waals surface area contributed by atoms with E-state index < -0.39 is 0 Å². The molecule has 0 bridgehead atoms. The number of amides is 2. The number of nitrogens with zero attached hydrogens (tertiary/aromatic N) is 4. The minimum Gasteiger partial charge on any atom is -0.335 e. The van der Waals surface area contributed by atoms with Gasteiger partial charge in [0.05, 0.1) is 5.69 Å². The summed E-state index contributed by atoms with van der Waals surface area (Å²) in [6, 6.07) is 15.9. The molecule has 0 aromatic heterocycles. The topological polar surface area (TPSA) is 56.2 Å². The highest BCUT2D eigenvalue weighted by Crippen LogP contribution is 2.21. The van der Waals surface area contributed by atoms with Gasteiger partial charge in [0, 0.05) is 45.6 Å². The molecule has 2 heterocycles. The van der Waals surface area contributed by atoms with E-state index in [2.05, 4.69) is 42.0 Å². The van der Waals surface area contributed by atoms with Gasteiger partial charge in [-0.3, -0.25) is 14.5 Å². The largest absolute Gasteiger partial charge is 0.335 e. The van der Waals surface area contributed by atoms with Gasteiger partial charge in [0.1, 0.15) is 5.71 Å². The zero-order valence-corrected chi connectivity index (χ0v) is 17.7. The third-order valence-corrected chi connectivity index (χ3v) is 5.83. The van der Waals surface area contributed by atoms with Crippen molar-refractivity contribution in [3.8, 4) is 0 Å². The van der Waals surface area contributed by atoms with Crippen LogP contribution >= 0.6 is 0 Å². The highest BCUT2D eigenvalue weighted by molar-refractivity contribution is 6.40. The minimum atomic E-state index is -0.0731. The van der Waals surface area contributed by atoms with Crippen molar-refractivity contribution in [2.75, 3.05) is 31.2 Å². The van der Waals surface area contributed by atoms with Gasteiger partial charge in [-0.15, -0.1) is 0 Å². The van der Waals surface area contributed by atoms with Crippen molar-refractivity contribution in [2.24, 2.45) is 5.10 Å². The maximum atomic E-state index is 13.0. The summed E-state index contributed by atoms with van der Waals surface area (Å²) < 4.78 is 0. The number of hydrazone groups is 1. The first-order valence-electron chi connectivity index (χ1n) is 10.5. The molecule has 0 radical (unpaired) electrons. The van der Waals surface area contributed by atoms with Crippen LogP contribution in [0.1, 0.15) is 29.5 Å². The summed E-state index contributed by atoms with van der Waals surface area (Å²) in [4.78, 5) is 29.6. The Bertz CT molecular complexity index is 962. The molecule has 2 amide bonds. The Balaban J connectivity index is 1.38. The number of carbonyl (C=O) groups is 2. The van der Waals surface area contributed by atoms with Gasteiger partial charge in [0.25, 0.3) is 5.91 Å². The number of hydrogen-bond acceptors (Lipinski definition) is 4. The Kier molecular flexibility index (Phi) is 5.95. The molecule has 4 rings (SSSR count). The first-order valence-corrected chi connectivity index (χ1v) is 10.5. The summed E-state index contributed by atoms with van der Waals surface area (Å²) >= 11 is 0. The van der Waals surface area contributed by atoms with Gasteiger partial charge in [0.2, 0.25) is 5.91 Å². The SMILES string of the molecule is Cc1ccc(CN2CCN(C(=O)C3=NN(c4ccccc4)C(=O)CC3)CC2)c(C)c1. The normalized spacial score (nSPS) is 17.8. The van der Waals surface area contributed by atoms with E-state index >= 15 is 0 Å². The molecule has 6 nitrogen and oxygen atoms in total. The summed E-state index contributed by atoms with van der Waals surface area (Å²) in [5, 5.41) is 5.78. The number of carbonyl (C=O) groups excluding carboxylic acids is 2. The quantitative estimate of drug-likeness (QED) is 0.787. The molecule has 2 aromatic rings. The zero-order chi connectivity index (χ0) is 21.1. The first-order chi connectivity index (χ1) is 14.5. The summed E-state index contributed by atoms with van der Waals surface area (Å²) in [5.74, 6) is -0.120. The van der Waals surface area contributed by atoms with Crippen LogP contribution in [-0.2, 0) is 16.1 Å². The maximum absolute atomic E-state index is 13.0. The third kappa shape index (κ3) is 4.44. The standard InChI is InChI=1S/C24H28N4O2/c1-18-8-9-20(19(2)16-18)17-26-12-14-27(15-13-26)24(30)22-10-11-23(29)28(25-22)21-6-4-3-5-7-21/h3-9,16H,10-15,17H2,1-2H3. The van der Waals surface area contributed by atoms with Crippen molar-refractivity contribution in [3.63, 3.8) is 0 Å². The van der Waals surface area contributed by atoms with Gasteiger partial charge >= 0.3 is 0 Å². The van der Waals surface area contributed by atoms with Crippen LogP contribution in [-0.4, -0.2) is 53.5 Å². The fraction of sp³-hybridized carbons (Fsp3) is 0.375. The minimum absolute atomic E-state index is 0.0467. The lowest BCUT2D eigenvalue weighted by molar-refractivity contribution is -0.126. The molecule has 30 heavy (non-hydrogen) atoms. The van der Waals surface area contributed by atoms with Crippen LogP contribution < -0.4 is 5.01 Å². The van der Waals surface area contributed by atoms with E-state index in [1.807, 2.05) is 35.2 Å². The van der Waals surface area contributed by atoms with Crippen molar-refractivity contribution >= 4 is 23.2 Å². The molecule has 156 valence electrons. The molecule has 0 spiro atoms. The van der Waals surface area contributed by atoms with Crippen LogP contribution in [0.2, 0.25) is 0 Å². The number of rotatable bonds is 4. The van der Waals surface area contributed by atoms with E-state index in [0.29, 0.717) is 37.3 Å². The second-order valence-electron chi connectivity index (χ2n) is 8.09. The van der Waals surface area contributed by atoms with Crippen LogP contribution in [0.25, 0.3) is 0 Å². The fourth-order valence-corrected chi connectivity index (χ4v) is 4.03. The van der Waals surface area contributed by atoms with Crippen LogP contribution in [0.15, 0.2) is 53.6 Å². The molecular weight excluding hydrogens is 376 g/mol. The molecule has 0 unspecified atom stereocenters. The highest BCUT2D eigenvalue weighted by atomic mass is 16.2. The Labute approximate surface area is 177 Å². The predicted octanol–water partition coefficient (Wildman–Crippen LogP) is 3.13. The van der Waals surface area contributed by atoms with Crippen molar-refractivity contribution in [2.45, 2.75) is 33.2 Å². The summed E-state index contributed by atoms with van der Waals surface area (Å²) in [7, 11) is 0. The lowest BCUT2D eigenvalue weighted by atomic mass is 10.0. The van der Waals surface area contributed by atoms with Crippen molar-refractivity contribution in [1.82, 2.24) is 9.80 Å². The van der Waals surface area contributed by atoms with E-state index in [-0.39, 0.29) is 11.8 Å². The van der Waals surface area contributed by atoms with Gasteiger partial charge in [0.15, 0.2) is 0 Å². The molecule has 0 saturated carbocycles. The highest BCUT2D eigenvalue weighted by Gasteiger charge is 2.30. The molecule has 0 atom stereocenters. The molecule has 0 N–H and O–H groups in total. The number of piperazine rings is 1. The third-order valence-electron chi connectivity index (χ3n) is 5.83. The number of aryl methyl sites for hydroxylation is 2. The average molecular weight is 405 g/mol. The lowest BCUT2D eigenvalue weighted by Crippen LogP contribution is -2.51. The van der Waals surface area contributed by atoms with Gasteiger partial charge in [-0.05, 0) is 37.1 Å². The van der Waals surface area contributed by atoms with Crippen molar-refractivity contribution in [1.29, 1.82) is 0 Å². The van der Waals surface area contributed by atoms with E-state index in [4.69, 9.17) is 0 Å². The van der Waals surface area contributed by atoms with Gasteiger partial charge in [-0.25, -0.2) is 5.01 Å². The van der Waals surface area contributed by atoms with E-state index in [1.54, 1.807) is 0 Å². The van der Waals surface area contributed by atoms with E-state index in [1.165, 1.54) is 21.7 Å². The van der Waals surface area contributed by atoms with Crippen LogP contribution in [0.5, 0.6) is 0 Å². The predicted molar refractivity (Wildman–Crippen MR) is 118 cm³/mol. The van der Waals surface area contributed by atoms with Crippen molar-refractivity contribution < 1.29 is 9.59 Å². The number of anilines is 1. The van der Waals surface area contributed by atoms with E-state index in [9.17, 15) is 9.59 Å². The number of para-hydroxylation sites is 1. The Hall–Kier alpha value is -2.99. The zero-order valence-electron chi connectivity index (χ0n) is 17.7. The molecule has 1 saturated heterocycles. The molecule has 2 aliphatic heterocycles. The molecule has 6 heteroatoms. The molecule has 0 aliphatic carbocycles. The Morgan fingerprint density at radius 2 is 1.70 bits per heavy atom. The Morgan fingerprint density at radius 1 is 0.967 bits per heavy atom. The lowest BCUT2D eigenvalue weighted by Gasteiger charge is -2.35. The van der Waals surface area contributed by atoms with Crippen LogP contribution in [0.4, 0.5) is 5.69 Å². The van der Waals surface area contributed by atoms with Gasteiger partial charge in [-0.2, -0.15) is 5.10 Å². The van der Waals surface area contributed by atoms with Gasteiger partial charge in [-0.1, -0.05) is 42.0 Å².